The van der Waals surface area contributed by atoms with Crippen LogP contribution in [0.4, 0.5) is 0 Å². The minimum Gasteiger partial charge on any atom is -0.311 e. The van der Waals surface area contributed by atoms with E-state index in [-0.39, 0.29) is 11.3 Å². The Labute approximate surface area is 123 Å². The Morgan fingerprint density at radius 3 is 2.63 bits per heavy atom. The maximum Gasteiger partial charge on any atom is 0.264 e. The predicted octanol–water partition coefficient (Wildman–Crippen LogP) is 2.64. The largest absolute Gasteiger partial charge is 0.311 e. The number of nitrogens with one attached hydrogen (secondary N) is 1. The second-order valence-electron chi connectivity index (χ2n) is 5.26. The highest BCUT2D eigenvalue weighted by atomic mass is 79.9. The Morgan fingerprint density at radius 2 is 2.05 bits per heavy atom. The normalized spacial score (nSPS) is 12.6. The Morgan fingerprint density at radius 1 is 1.37 bits per heavy atom. The average Bonchev–Trinajstić information content (AvgIpc) is 2.22. The predicted molar refractivity (Wildman–Crippen MR) is 81.0 cm³/mol. The molecule has 0 radical (unpaired) electrons. The molecule has 0 aliphatic carbocycles. The molecule has 0 amide bonds. The first-order valence-corrected chi connectivity index (χ1v) is 8.53. The lowest BCUT2D eigenvalue weighted by molar-refractivity contribution is 0.385. The van der Waals surface area contributed by atoms with Crippen LogP contribution in [0.2, 0.25) is 0 Å². The molecule has 0 spiro atoms. The smallest absolute Gasteiger partial charge is 0.264 e. The molecular formula is C13H20BrNO3S. The quantitative estimate of drug-likeness (QED) is 0.586. The van der Waals surface area contributed by atoms with Crippen LogP contribution in [0.25, 0.3) is 0 Å². The summed E-state index contributed by atoms with van der Waals surface area (Å²) in [6.45, 7) is 4.70. The molecule has 1 aromatic rings. The fourth-order valence-corrected chi connectivity index (χ4v) is 2.86. The fraction of sp³-hybridized carbons (Fsp3) is 0.538. The van der Waals surface area contributed by atoms with Crippen LogP contribution in [-0.2, 0) is 16.5 Å². The van der Waals surface area contributed by atoms with Gasteiger partial charge >= 0.3 is 0 Å². The number of benzene rings is 1. The van der Waals surface area contributed by atoms with E-state index >= 15 is 0 Å². The van der Waals surface area contributed by atoms with Crippen molar-refractivity contribution in [1.82, 2.24) is 5.32 Å². The van der Waals surface area contributed by atoms with E-state index in [2.05, 4.69) is 47.2 Å². The van der Waals surface area contributed by atoms with Crippen molar-refractivity contribution in [3.8, 4) is 0 Å². The Balaban J connectivity index is 2.43. The molecule has 0 aromatic heterocycles. The standard InChI is InChI=1S/C13H20BrNO3S/c1-13(2,15-7-4-8-19(16,17)18)10-11-5-3-6-12(14)9-11/h3,5-6,9,15H,4,7-8,10H2,1-2H3,(H,16,17,18). The first kappa shape index (κ1) is 16.6. The lowest BCUT2D eigenvalue weighted by atomic mass is 9.95. The third-order valence-electron chi connectivity index (χ3n) is 2.72. The van der Waals surface area contributed by atoms with E-state index in [0.29, 0.717) is 13.0 Å². The molecule has 0 saturated carbocycles. The van der Waals surface area contributed by atoms with Gasteiger partial charge in [-0.05, 0) is 50.9 Å². The molecule has 0 aliphatic rings. The second-order valence-corrected chi connectivity index (χ2v) is 7.74. The second kappa shape index (κ2) is 6.83. The topological polar surface area (TPSA) is 66.4 Å². The van der Waals surface area contributed by atoms with Crippen LogP contribution in [0.1, 0.15) is 25.8 Å². The molecular weight excluding hydrogens is 330 g/mol. The van der Waals surface area contributed by atoms with Crippen molar-refractivity contribution in [3.05, 3.63) is 34.3 Å². The van der Waals surface area contributed by atoms with Crippen molar-refractivity contribution >= 4 is 26.0 Å². The highest BCUT2D eigenvalue weighted by Crippen LogP contribution is 2.17. The molecule has 0 bridgehead atoms. The lowest BCUT2D eigenvalue weighted by Gasteiger charge is -2.26. The lowest BCUT2D eigenvalue weighted by Crippen LogP contribution is -2.42. The highest BCUT2D eigenvalue weighted by molar-refractivity contribution is 9.10. The SMILES string of the molecule is CC(C)(Cc1cccc(Br)c1)NCCCS(=O)(=O)O. The van der Waals surface area contributed by atoms with Crippen molar-refractivity contribution in [2.24, 2.45) is 0 Å². The van der Waals surface area contributed by atoms with Gasteiger partial charge in [-0.1, -0.05) is 28.1 Å². The molecule has 108 valence electrons. The maximum atomic E-state index is 10.6. The molecule has 1 aromatic carbocycles. The van der Waals surface area contributed by atoms with Crippen molar-refractivity contribution < 1.29 is 13.0 Å². The van der Waals surface area contributed by atoms with Crippen molar-refractivity contribution in [2.45, 2.75) is 32.2 Å². The molecule has 4 nitrogen and oxygen atoms in total. The zero-order valence-electron chi connectivity index (χ0n) is 11.2. The molecule has 0 aliphatic heterocycles. The van der Waals surface area contributed by atoms with E-state index < -0.39 is 10.1 Å². The Kier molecular flexibility index (Phi) is 5.98. The maximum absolute atomic E-state index is 10.6. The summed E-state index contributed by atoms with van der Waals surface area (Å²) >= 11 is 3.44. The van der Waals surface area contributed by atoms with Gasteiger partial charge in [-0.2, -0.15) is 8.42 Å². The van der Waals surface area contributed by atoms with Gasteiger partial charge in [0.25, 0.3) is 10.1 Å². The van der Waals surface area contributed by atoms with E-state index in [1.54, 1.807) is 0 Å². The number of rotatable bonds is 7. The highest BCUT2D eigenvalue weighted by Gasteiger charge is 2.17. The van der Waals surface area contributed by atoms with Gasteiger partial charge in [0.05, 0.1) is 5.75 Å². The summed E-state index contributed by atoms with van der Waals surface area (Å²) in [6, 6.07) is 8.11. The Hall–Kier alpha value is -0.430. The summed E-state index contributed by atoms with van der Waals surface area (Å²) in [5.41, 5.74) is 1.08. The summed E-state index contributed by atoms with van der Waals surface area (Å²) in [4.78, 5) is 0. The van der Waals surface area contributed by atoms with Crippen LogP contribution in [0.15, 0.2) is 28.7 Å². The molecule has 0 heterocycles. The monoisotopic (exact) mass is 349 g/mol. The molecule has 0 unspecified atom stereocenters. The van der Waals surface area contributed by atoms with Crippen LogP contribution in [0, 0.1) is 0 Å². The third-order valence-corrected chi connectivity index (χ3v) is 4.02. The Bertz CT molecular complexity index is 514. The summed E-state index contributed by atoms with van der Waals surface area (Å²) < 4.78 is 30.9. The van der Waals surface area contributed by atoms with Gasteiger partial charge < -0.3 is 5.32 Å². The van der Waals surface area contributed by atoms with Crippen molar-refractivity contribution in [2.75, 3.05) is 12.3 Å². The van der Waals surface area contributed by atoms with E-state index in [4.69, 9.17) is 4.55 Å². The van der Waals surface area contributed by atoms with Crippen molar-refractivity contribution in [1.29, 1.82) is 0 Å². The molecule has 0 saturated heterocycles. The molecule has 0 fully saturated rings. The van der Waals surface area contributed by atoms with Gasteiger partial charge in [0.15, 0.2) is 0 Å². The van der Waals surface area contributed by atoms with Crippen LogP contribution >= 0.6 is 15.9 Å². The van der Waals surface area contributed by atoms with Crippen molar-refractivity contribution in [3.63, 3.8) is 0 Å². The molecule has 2 N–H and O–H groups in total. The van der Waals surface area contributed by atoms with Gasteiger partial charge in [-0.25, -0.2) is 0 Å². The summed E-state index contributed by atoms with van der Waals surface area (Å²) in [7, 11) is -3.85. The van der Waals surface area contributed by atoms with E-state index in [1.807, 2.05) is 12.1 Å². The summed E-state index contributed by atoms with van der Waals surface area (Å²) in [6.07, 6.45) is 1.25. The fourth-order valence-electron chi connectivity index (χ4n) is 1.90. The van der Waals surface area contributed by atoms with Gasteiger partial charge in [-0.3, -0.25) is 4.55 Å². The van der Waals surface area contributed by atoms with Crippen LogP contribution in [0.3, 0.4) is 0 Å². The van der Waals surface area contributed by atoms with Gasteiger partial charge in [0.1, 0.15) is 0 Å². The van der Waals surface area contributed by atoms with E-state index in [1.165, 1.54) is 5.56 Å². The minimum atomic E-state index is -3.85. The zero-order valence-corrected chi connectivity index (χ0v) is 13.6. The average molecular weight is 350 g/mol. The van der Waals surface area contributed by atoms with Crippen LogP contribution in [-0.4, -0.2) is 30.8 Å². The van der Waals surface area contributed by atoms with E-state index in [0.717, 1.165) is 10.9 Å². The molecule has 19 heavy (non-hydrogen) atoms. The third kappa shape index (κ3) is 7.67. The van der Waals surface area contributed by atoms with Crippen LogP contribution < -0.4 is 5.32 Å². The molecule has 6 heteroatoms. The minimum absolute atomic E-state index is 0.125. The first-order valence-electron chi connectivity index (χ1n) is 6.13. The molecule has 1 rings (SSSR count). The molecule has 0 atom stereocenters. The summed E-state index contributed by atoms with van der Waals surface area (Å²) in [5, 5.41) is 3.31. The van der Waals surface area contributed by atoms with Gasteiger partial charge in [0.2, 0.25) is 0 Å². The van der Waals surface area contributed by atoms with Crippen LogP contribution in [0.5, 0.6) is 0 Å². The van der Waals surface area contributed by atoms with Gasteiger partial charge in [-0.15, -0.1) is 0 Å². The van der Waals surface area contributed by atoms with Gasteiger partial charge in [0, 0.05) is 10.0 Å². The first-order chi connectivity index (χ1) is 8.68. The van der Waals surface area contributed by atoms with E-state index in [9.17, 15) is 8.42 Å². The number of halogens is 1. The number of hydrogen-bond donors (Lipinski definition) is 2. The number of hydrogen-bond acceptors (Lipinski definition) is 3. The summed E-state index contributed by atoms with van der Waals surface area (Å²) in [5.74, 6) is -0.201. The zero-order chi connectivity index (χ0) is 14.5.